The highest BCUT2D eigenvalue weighted by molar-refractivity contribution is 5.37. The third-order valence-electron chi connectivity index (χ3n) is 3.51. The first kappa shape index (κ1) is 13.7. The molecule has 112 valence electrons. The van der Waals surface area contributed by atoms with E-state index in [0.717, 1.165) is 6.42 Å². The molecule has 2 aromatic rings. The van der Waals surface area contributed by atoms with Crippen molar-refractivity contribution in [3.05, 3.63) is 24.0 Å². The first-order valence-corrected chi connectivity index (χ1v) is 6.68. The van der Waals surface area contributed by atoms with Gasteiger partial charge in [-0.2, -0.15) is 9.97 Å². The zero-order chi connectivity index (χ0) is 14.8. The molecule has 0 amide bonds. The Bertz CT molecular complexity index is 617. The van der Waals surface area contributed by atoms with Crippen LogP contribution in [-0.4, -0.2) is 47.0 Å². The molecule has 2 atom stereocenters. The van der Waals surface area contributed by atoms with E-state index in [4.69, 9.17) is 14.0 Å². The number of anilines is 1. The molecular formula is C13H17N5O3. The topological polar surface area (TPSA) is 86.4 Å². The van der Waals surface area contributed by atoms with Gasteiger partial charge in [0.1, 0.15) is 6.04 Å². The summed E-state index contributed by atoms with van der Waals surface area (Å²) in [5, 5.41) is 3.85. The van der Waals surface area contributed by atoms with E-state index in [-0.39, 0.29) is 12.1 Å². The number of rotatable bonds is 4. The largest absolute Gasteiger partial charge is 0.481 e. The second kappa shape index (κ2) is 5.65. The highest BCUT2D eigenvalue weighted by atomic mass is 16.5. The van der Waals surface area contributed by atoms with Crippen LogP contribution in [0, 0.1) is 6.92 Å². The Kier molecular flexibility index (Phi) is 3.70. The molecule has 1 saturated heterocycles. The van der Waals surface area contributed by atoms with Crippen molar-refractivity contribution < 1.29 is 14.0 Å². The summed E-state index contributed by atoms with van der Waals surface area (Å²) in [7, 11) is 3.27. The molecule has 1 aliphatic rings. The normalized spacial score (nSPS) is 21.8. The predicted octanol–water partition coefficient (Wildman–Crippen LogP) is 1.14. The van der Waals surface area contributed by atoms with E-state index >= 15 is 0 Å². The summed E-state index contributed by atoms with van der Waals surface area (Å²) in [6, 6.07) is 1.61. The van der Waals surface area contributed by atoms with Crippen molar-refractivity contribution in [3.63, 3.8) is 0 Å². The fourth-order valence-electron chi connectivity index (χ4n) is 2.46. The highest BCUT2D eigenvalue weighted by Crippen LogP contribution is 2.35. The van der Waals surface area contributed by atoms with E-state index in [9.17, 15) is 0 Å². The minimum atomic E-state index is -0.0942. The van der Waals surface area contributed by atoms with Crippen LogP contribution in [0.2, 0.25) is 0 Å². The monoisotopic (exact) mass is 291 g/mol. The Labute approximate surface area is 122 Å². The molecule has 0 bridgehead atoms. The van der Waals surface area contributed by atoms with Gasteiger partial charge in [-0.3, -0.25) is 0 Å². The van der Waals surface area contributed by atoms with Gasteiger partial charge in [-0.25, -0.2) is 4.98 Å². The van der Waals surface area contributed by atoms with Crippen molar-refractivity contribution in [3.8, 4) is 5.88 Å². The molecular weight excluding hydrogens is 274 g/mol. The highest BCUT2D eigenvalue weighted by Gasteiger charge is 2.38. The zero-order valence-electron chi connectivity index (χ0n) is 12.2. The predicted molar refractivity (Wildman–Crippen MR) is 73.1 cm³/mol. The molecule has 0 unspecified atom stereocenters. The quantitative estimate of drug-likeness (QED) is 0.829. The van der Waals surface area contributed by atoms with Gasteiger partial charge in [0.25, 0.3) is 0 Å². The van der Waals surface area contributed by atoms with Gasteiger partial charge in [-0.15, -0.1) is 0 Å². The maximum atomic E-state index is 5.46. The Morgan fingerprint density at radius 2 is 2.19 bits per heavy atom. The lowest BCUT2D eigenvalue weighted by Gasteiger charge is -2.21. The molecule has 0 spiro atoms. The smallest absolute Gasteiger partial charge is 0.249 e. The second-order valence-electron chi connectivity index (χ2n) is 4.84. The molecule has 0 radical (unpaired) electrons. The van der Waals surface area contributed by atoms with Crippen LogP contribution in [0.1, 0.15) is 24.2 Å². The summed E-state index contributed by atoms with van der Waals surface area (Å²) >= 11 is 0. The molecule has 0 saturated carbocycles. The Morgan fingerprint density at radius 1 is 1.33 bits per heavy atom. The number of aryl methyl sites for hydroxylation is 1. The van der Waals surface area contributed by atoms with Crippen molar-refractivity contribution in [2.75, 3.05) is 25.7 Å². The van der Waals surface area contributed by atoms with Gasteiger partial charge >= 0.3 is 0 Å². The first-order chi connectivity index (χ1) is 10.2. The maximum absolute atomic E-state index is 5.46. The van der Waals surface area contributed by atoms with Crippen LogP contribution in [0.25, 0.3) is 0 Å². The van der Waals surface area contributed by atoms with Gasteiger partial charge in [0, 0.05) is 32.3 Å². The van der Waals surface area contributed by atoms with E-state index in [1.807, 2.05) is 4.90 Å². The first-order valence-electron chi connectivity index (χ1n) is 6.68. The number of nitrogens with zero attached hydrogens (tertiary/aromatic N) is 5. The molecule has 0 aromatic carbocycles. The SMILES string of the molecule is COc1ccnc(N2C[C@H](OC)C[C@@H]2c2nc(C)no2)n1. The van der Waals surface area contributed by atoms with Crippen molar-refractivity contribution in [1.29, 1.82) is 0 Å². The van der Waals surface area contributed by atoms with Gasteiger partial charge in [-0.1, -0.05) is 5.16 Å². The fourth-order valence-corrected chi connectivity index (χ4v) is 2.46. The molecule has 1 fully saturated rings. The summed E-state index contributed by atoms with van der Waals surface area (Å²) in [6.45, 7) is 2.46. The summed E-state index contributed by atoms with van der Waals surface area (Å²) in [6.07, 6.45) is 2.48. The maximum Gasteiger partial charge on any atom is 0.249 e. The van der Waals surface area contributed by atoms with Crippen molar-refractivity contribution in [1.82, 2.24) is 20.1 Å². The number of hydrogen-bond donors (Lipinski definition) is 0. The number of methoxy groups -OCH3 is 2. The minimum Gasteiger partial charge on any atom is -0.481 e. The van der Waals surface area contributed by atoms with E-state index in [1.165, 1.54) is 0 Å². The average Bonchev–Trinajstić information content (AvgIpc) is 3.13. The van der Waals surface area contributed by atoms with Crippen LogP contribution in [0.15, 0.2) is 16.8 Å². The summed E-state index contributed by atoms with van der Waals surface area (Å²) in [4.78, 5) is 15.0. The van der Waals surface area contributed by atoms with Crippen LogP contribution < -0.4 is 9.64 Å². The Morgan fingerprint density at radius 3 is 2.86 bits per heavy atom. The summed E-state index contributed by atoms with van der Waals surface area (Å²) in [5.74, 6) is 2.24. The van der Waals surface area contributed by atoms with Crippen LogP contribution in [0.5, 0.6) is 5.88 Å². The van der Waals surface area contributed by atoms with E-state index in [1.54, 1.807) is 33.4 Å². The van der Waals surface area contributed by atoms with Crippen LogP contribution in [-0.2, 0) is 4.74 Å². The van der Waals surface area contributed by atoms with E-state index < -0.39 is 0 Å². The van der Waals surface area contributed by atoms with E-state index in [0.29, 0.717) is 30.1 Å². The van der Waals surface area contributed by atoms with Gasteiger partial charge in [-0.05, 0) is 6.92 Å². The number of aromatic nitrogens is 4. The van der Waals surface area contributed by atoms with Gasteiger partial charge < -0.3 is 18.9 Å². The molecule has 21 heavy (non-hydrogen) atoms. The molecule has 8 heteroatoms. The Hall–Kier alpha value is -2.22. The van der Waals surface area contributed by atoms with Crippen LogP contribution >= 0.6 is 0 Å². The van der Waals surface area contributed by atoms with Gasteiger partial charge in [0.05, 0.1) is 13.2 Å². The lowest BCUT2D eigenvalue weighted by atomic mass is 10.2. The van der Waals surface area contributed by atoms with Crippen LogP contribution in [0.4, 0.5) is 5.95 Å². The number of ether oxygens (including phenoxy) is 2. The van der Waals surface area contributed by atoms with Gasteiger partial charge in [0.15, 0.2) is 5.82 Å². The van der Waals surface area contributed by atoms with Crippen LogP contribution in [0.3, 0.4) is 0 Å². The molecule has 0 aliphatic carbocycles. The molecule has 8 nitrogen and oxygen atoms in total. The van der Waals surface area contributed by atoms with E-state index in [2.05, 4.69) is 20.1 Å². The third-order valence-corrected chi connectivity index (χ3v) is 3.51. The van der Waals surface area contributed by atoms with Crippen molar-refractivity contribution >= 4 is 5.95 Å². The lowest BCUT2D eigenvalue weighted by Crippen LogP contribution is -2.26. The summed E-state index contributed by atoms with van der Waals surface area (Å²) < 4.78 is 15.9. The zero-order valence-corrected chi connectivity index (χ0v) is 12.2. The number of hydrogen-bond acceptors (Lipinski definition) is 8. The molecule has 2 aromatic heterocycles. The Balaban J connectivity index is 1.93. The average molecular weight is 291 g/mol. The van der Waals surface area contributed by atoms with Crippen molar-refractivity contribution in [2.24, 2.45) is 0 Å². The molecule has 0 N–H and O–H groups in total. The second-order valence-corrected chi connectivity index (χ2v) is 4.84. The lowest BCUT2D eigenvalue weighted by molar-refractivity contribution is 0.117. The minimum absolute atomic E-state index is 0.0667. The van der Waals surface area contributed by atoms with Gasteiger partial charge in [0.2, 0.25) is 17.7 Å². The van der Waals surface area contributed by atoms with Crippen molar-refractivity contribution in [2.45, 2.75) is 25.5 Å². The standard InChI is InChI=1S/C13H17N5O3/c1-8-15-12(21-17-8)10-6-9(19-2)7-18(10)13-14-5-4-11(16-13)20-3/h4-5,9-10H,6-7H2,1-3H3/t9-,10-/m1/s1. The molecule has 1 aliphatic heterocycles. The molecule has 3 rings (SSSR count). The molecule has 3 heterocycles. The summed E-state index contributed by atoms with van der Waals surface area (Å²) in [5.41, 5.74) is 0. The fraction of sp³-hybridized carbons (Fsp3) is 0.538. The third kappa shape index (κ3) is 2.66.